The molecule has 0 amide bonds. The number of ether oxygens (including phenoxy) is 1. The van der Waals surface area contributed by atoms with Gasteiger partial charge in [-0.15, -0.1) is 0 Å². The molecule has 0 bridgehead atoms. The van der Waals surface area contributed by atoms with Crippen LogP contribution < -0.4 is 4.74 Å². The van der Waals surface area contributed by atoms with Gasteiger partial charge in [0.25, 0.3) is 0 Å². The largest absolute Gasteiger partial charge is 0.489 e. The molecule has 2 aromatic carbocycles. The molecule has 8 heteroatoms. The number of para-hydroxylation sites is 1. The molecule has 1 fully saturated rings. The van der Waals surface area contributed by atoms with Gasteiger partial charge in [0.1, 0.15) is 12.4 Å². The van der Waals surface area contributed by atoms with Crippen molar-refractivity contribution in [3.05, 3.63) is 65.9 Å². The first kappa shape index (κ1) is 23.2. The summed E-state index contributed by atoms with van der Waals surface area (Å²) in [4.78, 5) is 16.3. The van der Waals surface area contributed by atoms with Crippen molar-refractivity contribution in [2.24, 2.45) is 5.92 Å². The van der Waals surface area contributed by atoms with Crippen molar-refractivity contribution in [3.8, 4) is 5.75 Å². The number of rotatable bonds is 7. The van der Waals surface area contributed by atoms with Gasteiger partial charge in [0.2, 0.25) is 10.0 Å². The molecule has 0 aliphatic heterocycles. The van der Waals surface area contributed by atoms with Crippen LogP contribution in [0.5, 0.6) is 5.75 Å². The average Bonchev–Trinajstić information content (AvgIpc) is 2.82. The Balaban J connectivity index is 1.49. The van der Waals surface area contributed by atoms with E-state index in [1.165, 1.54) is 23.5 Å². The van der Waals surface area contributed by atoms with Crippen molar-refractivity contribution in [1.82, 2.24) is 9.29 Å². The lowest BCUT2D eigenvalue weighted by atomic mass is 9.85. The van der Waals surface area contributed by atoms with Gasteiger partial charge in [-0.3, -0.25) is 9.78 Å². The summed E-state index contributed by atoms with van der Waals surface area (Å²) >= 11 is 0. The van der Waals surface area contributed by atoms with Gasteiger partial charge in [-0.25, -0.2) is 8.42 Å². The predicted molar refractivity (Wildman–Crippen MR) is 126 cm³/mol. The molecule has 174 valence electrons. The second-order valence-corrected chi connectivity index (χ2v) is 10.5. The monoisotopic (exact) mass is 468 g/mol. The predicted octanol–water partition coefficient (Wildman–Crippen LogP) is 4.39. The van der Waals surface area contributed by atoms with Crippen LogP contribution >= 0.6 is 0 Å². The lowest BCUT2D eigenvalue weighted by molar-refractivity contribution is -0.144. The van der Waals surface area contributed by atoms with Crippen molar-refractivity contribution < 1.29 is 23.1 Å². The molecule has 0 spiro atoms. The van der Waals surface area contributed by atoms with E-state index in [4.69, 9.17) is 4.74 Å². The average molecular weight is 469 g/mol. The first-order valence-corrected chi connectivity index (χ1v) is 12.5. The van der Waals surface area contributed by atoms with Crippen molar-refractivity contribution in [1.29, 1.82) is 0 Å². The zero-order valence-corrected chi connectivity index (χ0v) is 19.6. The Morgan fingerprint density at radius 2 is 1.82 bits per heavy atom. The number of aromatic nitrogens is 1. The first-order chi connectivity index (χ1) is 15.8. The molecule has 7 nitrogen and oxygen atoms in total. The summed E-state index contributed by atoms with van der Waals surface area (Å²) in [5, 5.41) is 10.5. The molecule has 33 heavy (non-hydrogen) atoms. The Morgan fingerprint density at radius 1 is 1.12 bits per heavy atom. The van der Waals surface area contributed by atoms with E-state index in [9.17, 15) is 18.3 Å². The molecule has 3 aromatic rings. The molecular formula is C25H28N2O5S. The number of benzene rings is 2. The van der Waals surface area contributed by atoms with Gasteiger partial charge < -0.3 is 9.84 Å². The van der Waals surface area contributed by atoms with Crippen LogP contribution in [0.3, 0.4) is 0 Å². The van der Waals surface area contributed by atoms with E-state index in [0.717, 1.165) is 35.0 Å². The Labute approximate surface area is 194 Å². The summed E-state index contributed by atoms with van der Waals surface area (Å²) in [5.41, 5.74) is 2.81. The van der Waals surface area contributed by atoms with Crippen LogP contribution in [0.15, 0.2) is 59.5 Å². The zero-order chi connectivity index (χ0) is 23.6. The van der Waals surface area contributed by atoms with E-state index in [-0.39, 0.29) is 4.90 Å². The highest BCUT2D eigenvalue weighted by Crippen LogP contribution is 2.32. The molecule has 1 aromatic heterocycles. The Morgan fingerprint density at radius 3 is 2.55 bits per heavy atom. The molecule has 1 heterocycles. The maximum atomic E-state index is 13.2. The van der Waals surface area contributed by atoms with Gasteiger partial charge in [0.15, 0.2) is 0 Å². The third-order valence-electron chi connectivity index (χ3n) is 6.34. The molecule has 1 N–H and O–H groups in total. The zero-order valence-electron chi connectivity index (χ0n) is 18.8. The van der Waals surface area contributed by atoms with Crippen LogP contribution in [0.25, 0.3) is 10.9 Å². The Hall–Kier alpha value is -2.97. The third-order valence-corrected chi connectivity index (χ3v) is 8.24. The highest BCUT2D eigenvalue weighted by Gasteiger charge is 2.38. The second kappa shape index (κ2) is 9.49. The number of aryl methyl sites for hydroxylation is 1. The standard InChI is InChI=1S/C25H28N2O5S/c1-17-15-18(21-7-3-5-9-23(21)26-17)16-32-19-11-13-20(14-12-19)33(30,31)27(2)24-10-6-4-8-22(24)25(28)29/h3,5,7,9,11-15,22,24H,4,6,8,10,16H2,1-2H3,(H,28,29). The van der Waals surface area contributed by atoms with Gasteiger partial charge in [-0.1, -0.05) is 31.0 Å². The molecule has 4 rings (SSSR count). The quantitative estimate of drug-likeness (QED) is 0.553. The van der Waals surface area contributed by atoms with Gasteiger partial charge in [-0.05, 0) is 56.2 Å². The SMILES string of the molecule is Cc1cc(COc2ccc(S(=O)(=O)N(C)C3CCCCC3C(=O)O)cc2)c2ccccc2n1. The molecule has 1 saturated carbocycles. The van der Waals surface area contributed by atoms with E-state index >= 15 is 0 Å². The van der Waals surface area contributed by atoms with Gasteiger partial charge in [-0.2, -0.15) is 4.31 Å². The third kappa shape index (κ3) is 4.86. The summed E-state index contributed by atoms with van der Waals surface area (Å²) in [6.07, 6.45) is 2.67. The van der Waals surface area contributed by atoms with E-state index in [0.29, 0.717) is 25.2 Å². The molecule has 2 atom stereocenters. The number of aliphatic carboxylic acids is 1. The van der Waals surface area contributed by atoms with E-state index in [2.05, 4.69) is 4.98 Å². The Bertz CT molecular complexity index is 1260. The fourth-order valence-electron chi connectivity index (χ4n) is 4.56. The maximum absolute atomic E-state index is 13.2. The highest BCUT2D eigenvalue weighted by molar-refractivity contribution is 7.89. The number of carboxylic acids is 1. The summed E-state index contributed by atoms with van der Waals surface area (Å²) in [6.45, 7) is 2.27. The van der Waals surface area contributed by atoms with Crippen LogP contribution in [0, 0.1) is 12.8 Å². The van der Waals surface area contributed by atoms with E-state index in [1.54, 1.807) is 12.1 Å². The minimum absolute atomic E-state index is 0.122. The normalized spacial score (nSPS) is 19.0. The Kier molecular flexibility index (Phi) is 6.67. The topological polar surface area (TPSA) is 96.8 Å². The number of fused-ring (bicyclic) bond motifs is 1. The molecule has 2 unspecified atom stereocenters. The molecule has 0 radical (unpaired) electrons. The molecule has 1 aliphatic rings. The van der Waals surface area contributed by atoms with Gasteiger partial charge in [0.05, 0.1) is 16.3 Å². The van der Waals surface area contributed by atoms with Crippen molar-refractivity contribution in [2.45, 2.75) is 50.2 Å². The summed E-state index contributed by atoms with van der Waals surface area (Å²) in [6, 6.07) is 15.6. The molecule has 1 aliphatic carbocycles. The molecule has 0 saturated heterocycles. The number of pyridine rings is 1. The summed E-state index contributed by atoms with van der Waals surface area (Å²) < 4.78 is 33.5. The smallest absolute Gasteiger partial charge is 0.308 e. The number of sulfonamides is 1. The van der Waals surface area contributed by atoms with Crippen LogP contribution in [0.1, 0.15) is 36.9 Å². The van der Waals surface area contributed by atoms with Crippen LogP contribution in [0.2, 0.25) is 0 Å². The lowest BCUT2D eigenvalue weighted by Gasteiger charge is -2.35. The fourth-order valence-corrected chi connectivity index (χ4v) is 5.98. The van der Waals surface area contributed by atoms with Crippen LogP contribution in [-0.4, -0.2) is 41.9 Å². The van der Waals surface area contributed by atoms with E-state index in [1.807, 2.05) is 37.3 Å². The minimum Gasteiger partial charge on any atom is -0.489 e. The number of carbonyl (C=O) groups is 1. The number of carboxylic acid groups (broad SMARTS) is 1. The van der Waals surface area contributed by atoms with Crippen molar-refractivity contribution in [3.63, 3.8) is 0 Å². The van der Waals surface area contributed by atoms with Gasteiger partial charge >= 0.3 is 5.97 Å². The number of hydrogen-bond acceptors (Lipinski definition) is 5. The number of hydrogen-bond donors (Lipinski definition) is 1. The maximum Gasteiger partial charge on any atom is 0.308 e. The van der Waals surface area contributed by atoms with Crippen molar-refractivity contribution >= 4 is 26.9 Å². The summed E-state index contributed by atoms with van der Waals surface area (Å²) in [5.74, 6) is -1.07. The minimum atomic E-state index is -3.82. The fraction of sp³-hybridized carbons (Fsp3) is 0.360. The van der Waals surface area contributed by atoms with Gasteiger partial charge in [0, 0.05) is 29.7 Å². The first-order valence-electron chi connectivity index (χ1n) is 11.1. The summed E-state index contributed by atoms with van der Waals surface area (Å²) in [7, 11) is -2.34. The molecular weight excluding hydrogens is 440 g/mol. The van der Waals surface area contributed by atoms with Crippen molar-refractivity contribution in [2.75, 3.05) is 7.05 Å². The van der Waals surface area contributed by atoms with Crippen LogP contribution in [-0.2, 0) is 21.4 Å². The lowest BCUT2D eigenvalue weighted by Crippen LogP contribution is -2.46. The van der Waals surface area contributed by atoms with Crippen LogP contribution in [0.4, 0.5) is 0 Å². The second-order valence-electron chi connectivity index (χ2n) is 8.52. The van der Waals surface area contributed by atoms with E-state index < -0.39 is 28.0 Å². The number of nitrogens with zero attached hydrogens (tertiary/aromatic N) is 2. The highest BCUT2D eigenvalue weighted by atomic mass is 32.2.